The van der Waals surface area contributed by atoms with Crippen LogP contribution in [0.5, 0.6) is 0 Å². The second-order valence-electron chi connectivity index (χ2n) is 4.53. The lowest BCUT2D eigenvalue weighted by molar-refractivity contribution is 0.454. The van der Waals surface area contributed by atoms with Crippen LogP contribution < -0.4 is 4.90 Å². The van der Waals surface area contributed by atoms with Crippen LogP contribution in [0.15, 0.2) is 30.3 Å². The molecule has 0 bridgehead atoms. The van der Waals surface area contributed by atoms with Gasteiger partial charge in [-0.25, -0.2) is 0 Å². The van der Waals surface area contributed by atoms with Gasteiger partial charge in [-0.05, 0) is 38.3 Å². The lowest BCUT2D eigenvalue weighted by atomic mass is 9.95. The minimum atomic E-state index is 0.267. The van der Waals surface area contributed by atoms with Gasteiger partial charge in [-0.2, -0.15) is 0 Å². The molecule has 1 saturated heterocycles. The largest absolute Gasteiger partial charge is 0.366 e. The van der Waals surface area contributed by atoms with Crippen molar-refractivity contribution in [2.45, 2.75) is 31.7 Å². The monoisotopic (exact) mass is 223 g/mol. The van der Waals surface area contributed by atoms with Crippen LogP contribution in [0.25, 0.3) is 0 Å². The Hall–Kier alpha value is -0.690. The molecule has 15 heavy (non-hydrogen) atoms. The molecule has 0 aromatic heterocycles. The molecular formula is C13H18ClN. The van der Waals surface area contributed by atoms with Crippen LogP contribution in [0.2, 0.25) is 0 Å². The Morgan fingerprint density at radius 1 is 1.33 bits per heavy atom. The Morgan fingerprint density at radius 2 is 2.07 bits per heavy atom. The summed E-state index contributed by atoms with van der Waals surface area (Å²) in [6, 6.07) is 10.7. The topological polar surface area (TPSA) is 3.24 Å². The van der Waals surface area contributed by atoms with Crippen molar-refractivity contribution in [3.63, 3.8) is 0 Å². The fourth-order valence-electron chi connectivity index (χ4n) is 2.54. The second kappa shape index (κ2) is 4.44. The van der Waals surface area contributed by atoms with E-state index in [1.54, 1.807) is 0 Å². The Balaban J connectivity index is 2.21. The van der Waals surface area contributed by atoms with E-state index >= 15 is 0 Å². The highest BCUT2D eigenvalue weighted by atomic mass is 35.5. The normalized spacial score (nSPS) is 25.9. The minimum Gasteiger partial charge on any atom is -0.366 e. The molecule has 0 spiro atoms. The third-order valence-corrected chi connectivity index (χ3v) is 3.64. The van der Waals surface area contributed by atoms with E-state index < -0.39 is 0 Å². The predicted molar refractivity (Wildman–Crippen MR) is 66.8 cm³/mol. The van der Waals surface area contributed by atoms with Crippen LogP contribution in [0.1, 0.15) is 26.2 Å². The van der Waals surface area contributed by atoms with Crippen molar-refractivity contribution < 1.29 is 0 Å². The smallest absolute Gasteiger partial charge is 0.0386 e. The number of alkyl halides is 1. The van der Waals surface area contributed by atoms with Gasteiger partial charge in [0.15, 0.2) is 0 Å². The van der Waals surface area contributed by atoms with E-state index in [2.05, 4.69) is 42.2 Å². The highest BCUT2D eigenvalue weighted by Gasteiger charge is 2.35. The van der Waals surface area contributed by atoms with Crippen LogP contribution in [-0.4, -0.2) is 18.0 Å². The molecule has 1 aliphatic rings. The lowest BCUT2D eigenvalue weighted by Gasteiger charge is -2.36. The molecule has 0 radical (unpaired) electrons. The van der Waals surface area contributed by atoms with E-state index in [1.807, 2.05) is 0 Å². The molecule has 1 nitrogen and oxygen atoms in total. The number of benzene rings is 1. The Kier molecular flexibility index (Phi) is 3.20. The van der Waals surface area contributed by atoms with Crippen LogP contribution in [0.4, 0.5) is 5.69 Å². The zero-order valence-corrected chi connectivity index (χ0v) is 10.0. The van der Waals surface area contributed by atoms with Crippen molar-refractivity contribution in [3.8, 4) is 0 Å². The average molecular weight is 224 g/mol. The van der Waals surface area contributed by atoms with Gasteiger partial charge in [0.05, 0.1) is 0 Å². The number of hydrogen-bond donors (Lipinski definition) is 0. The lowest BCUT2D eigenvalue weighted by Crippen LogP contribution is -2.41. The van der Waals surface area contributed by atoms with E-state index in [9.17, 15) is 0 Å². The first kappa shape index (κ1) is 10.8. The maximum absolute atomic E-state index is 5.90. The summed E-state index contributed by atoms with van der Waals surface area (Å²) in [7, 11) is 0. The molecule has 0 saturated carbocycles. The third-order valence-electron chi connectivity index (χ3n) is 3.45. The summed E-state index contributed by atoms with van der Waals surface area (Å²) in [6.07, 6.45) is 3.61. The summed E-state index contributed by atoms with van der Waals surface area (Å²) in [5.41, 5.74) is 1.60. The molecule has 0 N–H and O–H groups in total. The van der Waals surface area contributed by atoms with Gasteiger partial charge in [0.25, 0.3) is 0 Å². The molecule has 0 amide bonds. The molecule has 1 aromatic carbocycles. The maximum atomic E-state index is 5.90. The van der Waals surface area contributed by atoms with E-state index in [0.29, 0.717) is 0 Å². The quantitative estimate of drug-likeness (QED) is 0.707. The standard InChI is InChI=1S/C13H18ClN/c1-13(9-10-14)8-5-11-15(13)12-6-3-2-4-7-12/h2-4,6-7H,5,8-11H2,1H3/t13-/m1/s1. The molecule has 1 atom stereocenters. The minimum absolute atomic E-state index is 0.267. The van der Waals surface area contributed by atoms with Gasteiger partial charge in [-0.1, -0.05) is 18.2 Å². The van der Waals surface area contributed by atoms with Crippen molar-refractivity contribution >= 4 is 17.3 Å². The Bertz CT molecular complexity index is 312. The van der Waals surface area contributed by atoms with Crippen molar-refractivity contribution in [2.75, 3.05) is 17.3 Å². The van der Waals surface area contributed by atoms with Crippen molar-refractivity contribution in [3.05, 3.63) is 30.3 Å². The SMILES string of the molecule is C[C@]1(CCCl)CCCN1c1ccccc1. The number of hydrogen-bond acceptors (Lipinski definition) is 1. The highest BCUT2D eigenvalue weighted by molar-refractivity contribution is 6.17. The van der Waals surface area contributed by atoms with Crippen molar-refractivity contribution in [1.82, 2.24) is 0 Å². The molecule has 0 unspecified atom stereocenters. The summed E-state index contributed by atoms with van der Waals surface area (Å²) >= 11 is 5.90. The van der Waals surface area contributed by atoms with E-state index in [1.165, 1.54) is 18.5 Å². The van der Waals surface area contributed by atoms with E-state index in [-0.39, 0.29) is 5.54 Å². The van der Waals surface area contributed by atoms with Gasteiger partial charge in [0.2, 0.25) is 0 Å². The number of anilines is 1. The average Bonchev–Trinajstić information content (AvgIpc) is 2.62. The highest BCUT2D eigenvalue weighted by Crippen LogP contribution is 2.36. The molecule has 1 heterocycles. The molecular weight excluding hydrogens is 206 g/mol. The van der Waals surface area contributed by atoms with Gasteiger partial charge in [-0.15, -0.1) is 11.6 Å². The van der Waals surface area contributed by atoms with Gasteiger partial charge >= 0.3 is 0 Å². The number of rotatable bonds is 3. The molecule has 2 heteroatoms. The predicted octanol–water partition coefficient (Wildman–Crippen LogP) is 3.67. The summed E-state index contributed by atoms with van der Waals surface area (Å²) in [5.74, 6) is 0.750. The maximum Gasteiger partial charge on any atom is 0.0386 e. The van der Waals surface area contributed by atoms with Crippen LogP contribution >= 0.6 is 11.6 Å². The van der Waals surface area contributed by atoms with Crippen molar-refractivity contribution in [1.29, 1.82) is 0 Å². The third kappa shape index (κ3) is 2.12. The zero-order valence-electron chi connectivity index (χ0n) is 9.25. The number of para-hydroxylation sites is 1. The first-order chi connectivity index (χ1) is 7.26. The van der Waals surface area contributed by atoms with Gasteiger partial charge in [0.1, 0.15) is 0 Å². The summed E-state index contributed by atoms with van der Waals surface area (Å²) in [5, 5.41) is 0. The second-order valence-corrected chi connectivity index (χ2v) is 4.90. The fourth-order valence-corrected chi connectivity index (χ4v) is 2.94. The molecule has 0 aliphatic carbocycles. The van der Waals surface area contributed by atoms with Crippen molar-refractivity contribution in [2.24, 2.45) is 0 Å². The summed E-state index contributed by atoms with van der Waals surface area (Å²) in [6.45, 7) is 3.49. The fraction of sp³-hybridized carbons (Fsp3) is 0.538. The first-order valence-corrected chi connectivity index (χ1v) is 6.18. The zero-order chi connectivity index (χ0) is 10.7. The summed E-state index contributed by atoms with van der Waals surface area (Å²) in [4.78, 5) is 2.51. The Labute approximate surface area is 97.0 Å². The first-order valence-electron chi connectivity index (χ1n) is 5.65. The van der Waals surface area contributed by atoms with E-state index in [0.717, 1.165) is 18.8 Å². The molecule has 2 rings (SSSR count). The summed E-state index contributed by atoms with van der Waals surface area (Å²) < 4.78 is 0. The van der Waals surface area contributed by atoms with Crippen LogP contribution in [0.3, 0.4) is 0 Å². The number of halogens is 1. The van der Waals surface area contributed by atoms with Gasteiger partial charge < -0.3 is 4.90 Å². The molecule has 1 aliphatic heterocycles. The molecule has 1 fully saturated rings. The van der Waals surface area contributed by atoms with E-state index in [4.69, 9.17) is 11.6 Å². The van der Waals surface area contributed by atoms with Crippen LogP contribution in [-0.2, 0) is 0 Å². The number of nitrogens with zero attached hydrogens (tertiary/aromatic N) is 1. The molecule has 82 valence electrons. The van der Waals surface area contributed by atoms with Gasteiger partial charge in [-0.3, -0.25) is 0 Å². The van der Waals surface area contributed by atoms with Gasteiger partial charge in [0, 0.05) is 23.7 Å². The molecule has 1 aromatic rings. The van der Waals surface area contributed by atoms with Crippen LogP contribution in [0, 0.1) is 0 Å². The Morgan fingerprint density at radius 3 is 2.73 bits per heavy atom.